The van der Waals surface area contributed by atoms with Crippen molar-refractivity contribution in [1.82, 2.24) is 4.90 Å². The predicted molar refractivity (Wildman–Crippen MR) is 74.8 cm³/mol. The maximum Gasteiger partial charge on any atom is 0.310 e. The first-order chi connectivity index (χ1) is 8.73. The highest BCUT2D eigenvalue weighted by Gasteiger charge is 2.44. The van der Waals surface area contributed by atoms with Crippen LogP contribution in [-0.2, 0) is 9.59 Å². The molecule has 19 heavy (non-hydrogen) atoms. The van der Waals surface area contributed by atoms with Crippen LogP contribution in [0.3, 0.4) is 0 Å². The number of hydrogen-bond acceptors (Lipinski definition) is 2. The van der Waals surface area contributed by atoms with Gasteiger partial charge in [0.25, 0.3) is 0 Å². The monoisotopic (exact) mass is 267 g/mol. The van der Waals surface area contributed by atoms with E-state index >= 15 is 0 Å². The van der Waals surface area contributed by atoms with Gasteiger partial charge in [0.05, 0.1) is 5.41 Å². The minimum absolute atomic E-state index is 0.0864. The molecule has 4 nitrogen and oxygen atoms in total. The Labute approximate surface area is 115 Å². The summed E-state index contributed by atoms with van der Waals surface area (Å²) in [6.07, 6.45) is 4.81. The smallest absolute Gasteiger partial charge is 0.310 e. The van der Waals surface area contributed by atoms with E-state index in [0.29, 0.717) is 19.4 Å². The normalized spacial score (nSPS) is 18.1. The standard InChI is InChI=1S/C15H25NO3/c1-5-10-16(14(2,3)4)12(17)11-15(13(18)19)8-6-7-9-15/h5H,1,6-11H2,2-4H3,(H,18,19). The van der Waals surface area contributed by atoms with Crippen molar-refractivity contribution in [2.75, 3.05) is 6.54 Å². The Morgan fingerprint density at radius 1 is 1.32 bits per heavy atom. The summed E-state index contributed by atoms with van der Waals surface area (Å²) in [4.78, 5) is 25.7. The van der Waals surface area contributed by atoms with Gasteiger partial charge in [0.2, 0.25) is 5.91 Å². The Kier molecular flexibility index (Phi) is 4.77. The molecule has 0 bridgehead atoms. The fourth-order valence-corrected chi connectivity index (χ4v) is 2.78. The lowest BCUT2D eigenvalue weighted by Crippen LogP contribution is -2.48. The molecule has 108 valence electrons. The molecule has 1 fully saturated rings. The van der Waals surface area contributed by atoms with E-state index in [1.807, 2.05) is 20.8 Å². The lowest BCUT2D eigenvalue weighted by atomic mass is 9.82. The van der Waals surface area contributed by atoms with Crippen molar-refractivity contribution in [2.24, 2.45) is 5.41 Å². The molecule has 0 heterocycles. The first-order valence-electron chi connectivity index (χ1n) is 6.88. The SMILES string of the molecule is C=CCN(C(=O)CC1(C(=O)O)CCCC1)C(C)(C)C. The van der Waals surface area contributed by atoms with Gasteiger partial charge in [-0.1, -0.05) is 18.9 Å². The largest absolute Gasteiger partial charge is 0.481 e. The summed E-state index contributed by atoms with van der Waals surface area (Å²) in [5.41, 5.74) is -1.16. The summed E-state index contributed by atoms with van der Waals surface area (Å²) in [5, 5.41) is 9.44. The van der Waals surface area contributed by atoms with Gasteiger partial charge in [0, 0.05) is 18.5 Å². The van der Waals surface area contributed by atoms with Gasteiger partial charge in [-0.25, -0.2) is 0 Å². The van der Waals surface area contributed by atoms with E-state index in [9.17, 15) is 14.7 Å². The fourth-order valence-electron chi connectivity index (χ4n) is 2.78. The van der Waals surface area contributed by atoms with E-state index in [0.717, 1.165) is 12.8 Å². The van der Waals surface area contributed by atoms with Crippen LogP contribution in [0.25, 0.3) is 0 Å². The van der Waals surface area contributed by atoms with Crippen LogP contribution >= 0.6 is 0 Å². The van der Waals surface area contributed by atoms with Crippen LogP contribution in [-0.4, -0.2) is 34.0 Å². The average Bonchev–Trinajstić information content (AvgIpc) is 2.73. The number of carbonyl (C=O) groups excluding carboxylic acids is 1. The topological polar surface area (TPSA) is 57.6 Å². The van der Waals surface area contributed by atoms with Crippen LogP contribution in [0.4, 0.5) is 0 Å². The number of hydrogen-bond donors (Lipinski definition) is 1. The molecule has 1 aliphatic rings. The molecule has 0 saturated heterocycles. The third-order valence-corrected chi connectivity index (χ3v) is 3.93. The summed E-state index contributed by atoms with van der Waals surface area (Å²) in [7, 11) is 0. The Morgan fingerprint density at radius 2 is 1.84 bits per heavy atom. The van der Waals surface area contributed by atoms with E-state index in [2.05, 4.69) is 6.58 Å². The Morgan fingerprint density at radius 3 is 2.21 bits per heavy atom. The van der Waals surface area contributed by atoms with Crippen molar-refractivity contribution in [3.63, 3.8) is 0 Å². The van der Waals surface area contributed by atoms with Crippen molar-refractivity contribution in [1.29, 1.82) is 0 Å². The Bertz CT molecular complexity index is 362. The van der Waals surface area contributed by atoms with Crippen molar-refractivity contribution < 1.29 is 14.7 Å². The predicted octanol–water partition coefficient (Wildman–Crippen LogP) is 2.83. The molecule has 1 aliphatic carbocycles. The molecule has 0 aromatic rings. The summed E-state index contributed by atoms with van der Waals surface area (Å²) < 4.78 is 0. The second-order valence-electron chi connectivity index (χ2n) is 6.43. The zero-order valence-electron chi connectivity index (χ0n) is 12.2. The molecule has 0 aromatic heterocycles. The second-order valence-corrected chi connectivity index (χ2v) is 6.43. The highest BCUT2D eigenvalue weighted by atomic mass is 16.4. The number of carboxylic acid groups (broad SMARTS) is 1. The minimum Gasteiger partial charge on any atom is -0.481 e. The average molecular weight is 267 g/mol. The molecule has 1 saturated carbocycles. The van der Waals surface area contributed by atoms with Crippen LogP contribution in [0.1, 0.15) is 52.9 Å². The maximum atomic E-state index is 12.5. The van der Waals surface area contributed by atoms with Crippen molar-refractivity contribution in [2.45, 2.75) is 58.4 Å². The van der Waals surface area contributed by atoms with Gasteiger partial charge in [-0.3, -0.25) is 9.59 Å². The molecule has 0 spiro atoms. The molecule has 1 N–H and O–H groups in total. The van der Waals surface area contributed by atoms with Crippen molar-refractivity contribution >= 4 is 11.9 Å². The van der Waals surface area contributed by atoms with Crippen LogP contribution in [0, 0.1) is 5.41 Å². The van der Waals surface area contributed by atoms with Crippen molar-refractivity contribution in [3.05, 3.63) is 12.7 Å². The summed E-state index contributed by atoms with van der Waals surface area (Å²) in [5.74, 6) is -0.914. The zero-order chi connectivity index (χ0) is 14.7. The van der Waals surface area contributed by atoms with Crippen LogP contribution in [0.2, 0.25) is 0 Å². The quantitative estimate of drug-likeness (QED) is 0.779. The van der Waals surface area contributed by atoms with Gasteiger partial charge in [-0.2, -0.15) is 0 Å². The van der Waals surface area contributed by atoms with E-state index in [1.54, 1.807) is 11.0 Å². The number of nitrogens with zero attached hydrogens (tertiary/aromatic N) is 1. The van der Waals surface area contributed by atoms with Gasteiger partial charge < -0.3 is 10.0 Å². The molecular formula is C15H25NO3. The molecule has 0 unspecified atom stereocenters. The number of amides is 1. The van der Waals surface area contributed by atoms with Gasteiger partial charge in [-0.15, -0.1) is 6.58 Å². The van der Waals surface area contributed by atoms with E-state index < -0.39 is 11.4 Å². The summed E-state index contributed by atoms with van der Waals surface area (Å²) in [6.45, 7) is 9.99. The molecular weight excluding hydrogens is 242 g/mol. The van der Waals surface area contributed by atoms with Crippen LogP contribution < -0.4 is 0 Å². The maximum absolute atomic E-state index is 12.5. The molecule has 0 aromatic carbocycles. The number of carbonyl (C=O) groups is 2. The molecule has 4 heteroatoms. The summed E-state index contributed by atoms with van der Waals surface area (Å²) >= 11 is 0. The molecule has 0 atom stereocenters. The number of aliphatic carboxylic acids is 1. The van der Waals surface area contributed by atoms with Crippen LogP contribution in [0.5, 0.6) is 0 Å². The van der Waals surface area contributed by atoms with E-state index in [-0.39, 0.29) is 17.9 Å². The van der Waals surface area contributed by atoms with E-state index in [4.69, 9.17) is 0 Å². The lowest BCUT2D eigenvalue weighted by molar-refractivity contribution is -0.154. The molecule has 0 aliphatic heterocycles. The van der Waals surface area contributed by atoms with Gasteiger partial charge in [-0.05, 0) is 33.6 Å². The lowest BCUT2D eigenvalue weighted by Gasteiger charge is -2.37. The van der Waals surface area contributed by atoms with Gasteiger partial charge in [0.15, 0.2) is 0 Å². The number of rotatable bonds is 5. The fraction of sp³-hybridized carbons (Fsp3) is 0.733. The highest BCUT2D eigenvalue weighted by Crippen LogP contribution is 2.42. The number of carboxylic acids is 1. The molecule has 1 amide bonds. The molecule has 0 radical (unpaired) electrons. The Balaban J connectivity index is 2.86. The summed E-state index contributed by atoms with van der Waals surface area (Å²) in [6, 6.07) is 0. The second kappa shape index (κ2) is 5.76. The molecule has 1 rings (SSSR count). The third kappa shape index (κ3) is 3.58. The zero-order valence-corrected chi connectivity index (χ0v) is 12.2. The highest BCUT2D eigenvalue weighted by molar-refractivity contribution is 5.85. The Hall–Kier alpha value is -1.32. The minimum atomic E-state index is -0.845. The third-order valence-electron chi connectivity index (χ3n) is 3.93. The van der Waals surface area contributed by atoms with Crippen molar-refractivity contribution in [3.8, 4) is 0 Å². The van der Waals surface area contributed by atoms with Gasteiger partial charge >= 0.3 is 5.97 Å². The first-order valence-corrected chi connectivity index (χ1v) is 6.88. The van der Waals surface area contributed by atoms with E-state index in [1.165, 1.54) is 0 Å². The van der Waals surface area contributed by atoms with Crippen LogP contribution in [0.15, 0.2) is 12.7 Å². The van der Waals surface area contributed by atoms with Gasteiger partial charge in [0.1, 0.15) is 0 Å². The first kappa shape index (κ1) is 15.7.